The van der Waals surface area contributed by atoms with E-state index in [1.165, 1.54) is 12.8 Å². The molecule has 0 aromatic carbocycles. The third-order valence-corrected chi connectivity index (χ3v) is 5.13. The lowest BCUT2D eigenvalue weighted by molar-refractivity contribution is -0.154. The number of rotatable bonds is 6. The van der Waals surface area contributed by atoms with E-state index in [9.17, 15) is 14.4 Å². The van der Waals surface area contributed by atoms with Crippen LogP contribution in [0.5, 0.6) is 0 Å². The van der Waals surface area contributed by atoms with Crippen molar-refractivity contribution >= 4 is 17.9 Å². The van der Waals surface area contributed by atoms with E-state index in [2.05, 4.69) is 21.3 Å². The number of nitrogens with one attached hydrogen (secondary N) is 4. The third-order valence-electron chi connectivity index (χ3n) is 5.13. The number of piperidine rings is 1. The van der Waals surface area contributed by atoms with Crippen molar-refractivity contribution in [3.05, 3.63) is 0 Å². The Bertz CT molecular complexity index is 541. The summed E-state index contributed by atoms with van der Waals surface area (Å²) in [7, 11) is 0. The lowest BCUT2D eigenvalue weighted by Gasteiger charge is -2.29. The minimum absolute atomic E-state index is 0.0228. The van der Waals surface area contributed by atoms with E-state index in [1.54, 1.807) is 20.8 Å². The van der Waals surface area contributed by atoms with Crippen LogP contribution in [-0.4, -0.2) is 55.2 Å². The van der Waals surface area contributed by atoms with Gasteiger partial charge in [-0.15, -0.1) is 0 Å². The number of hydrogen-bond acceptors (Lipinski definition) is 5. The molecule has 3 atom stereocenters. The number of hydrogen-bond donors (Lipinski definition) is 4. The zero-order valence-corrected chi connectivity index (χ0v) is 17.4. The predicted octanol–water partition coefficient (Wildman–Crippen LogP) is 1.44. The first-order valence-electron chi connectivity index (χ1n) is 10.5. The second-order valence-electron chi connectivity index (χ2n) is 8.87. The van der Waals surface area contributed by atoms with Gasteiger partial charge in [-0.25, -0.2) is 4.79 Å². The van der Waals surface area contributed by atoms with E-state index in [1.807, 2.05) is 0 Å². The molecule has 4 N–H and O–H groups in total. The van der Waals surface area contributed by atoms with E-state index in [0.717, 1.165) is 32.2 Å². The topological polar surface area (TPSA) is 109 Å². The Morgan fingerprint density at radius 1 is 1.04 bits per heavy atom. The van der Waals surface area contributed by atoms with E-state index < -0.39 is 11.6 Å². The molecule has 0 bridgehead atoms. The number of esters is 1. The second-order valence-corrected chi connectivity index (χ2v) is 8.87. The Morgan fingerprint density at radius 3 is 2.50 bits per heavy atom. The molecule has 0 aromatic heterocycles. The minimum atomic E-state index is -0.567. The molecule has 8 heteroatoms. The maximum absolute atomic E-state index is 12.4. The van der Waals surface area contributed by atoms with Crippen LogP contribution in [0.4, 0.5) is 4.79 Å². The molecule has 1 aliphatic heterocycles. The molecule has 3 amide bonds. The summed E-state index contributed by atoms with van der Waals surface area (Å²) in [6.45, 7) is 6.88. The Hall–Kier alpha value is -1.83. The number of carbonyl (C=O) groups excluding carboxylic acids is 3. The van der Waals surface area contributed by atoms with Crippen LogP contribution in [0.3, 0.4) is 0 Å². The SMILES string of the molecule is CC(C)(C)OC(=O)CNC(=O)C1CCCC(NC(=O)NCC2CCCCN2)C1. The first kappa shape index (κ1) is 22.5. The molecule has 2 aliphatic rings. The summed E-state index contributed by atoms with van der Waals surface area (Å²) in [6, 6.07) is 0.148. The van der Waals surface area contributed by atoms with Crippen molar-refractivity contribution in [2.75, 3.05) is 19.6 Å². The Kier molecular flexibility index (Phi) is 8.54. The molecule has 2 fully saturated rings. The van der Waals surface area contributed by atoms with Gasteiger partial charge in [0.05, 0.1) is 0 Å². The van der Waals surface area contributed by atoms with Gasteiger partial charge in [-0.3, -0.25) is 9.59 Å². The lowest BCUT2D eigenvalue weighted by Crippen LogP contribution is -2.50. The average Bonchev–Trinajstić information content (AvgIpc) is 2.64. The summed E-state index contributed by atoms with van der Waals surface area (Å²) in [5.74, 6) is -0.785. The van der Waals surface area contributed by atoms with Gasteiger partial charge in [0, 0.05) is 24.5 Å². The van der Waals surface area contributed by atoms with Crippen LogP contribution in [0.2, 0.25) is 0 Å². The molecule has 0 spiro atoms. The fraction of sp³-hybridized carbons (Fsp3) is 0.850. The summed E-state index contributed by atoms with van der Waals surface area (Å²) in [5, 5.41) is 12.0. The molecular formula is C20H36N4O4. The molecule has 1 saturated carbocycles. The molecular weight excluding hydrogens is 360 g/mol. The average molecular weight is 397 g/mol. The zero-order chi connectivity index (χ0) is 20.6. The van der Waals surface area contributed by atoms with Crippen molar-refractivity contribution in [1.82, 2.24) is 21.3 Å². The minimum Gasteiger partial charge on any atom is -0.459 e. The monoisotopic (exact) mass is 396 g/mol. The molecule has 0 aromatic rings. The van der Waals surface area contributed by atoms with Gasteiger partial charge < -0.3 is 26.0 Å². The van der Waals surface area contributed by atoms with Crippen LogP contribution in [0.15, 0.2) is 0 Å². The molecule has 1 heterocycles. The standard InChI is InChI=1S/C20H36N4O4/c1-20(2,3)28-17(25)13-22-18(26)14-7-6-9-15(11-14)24-19(27)23-12-16-8-4-5-10-21-16/h14-16,21H,4-13H2,1-3H3,(H,22,26)(H2,23,24,27). The maximum Gasteiger partial charge on any atom is 0.325 e. The van der Waals surface area contributed by atoms with E-state index in [-0.39, 0.29) is 30.4 Å². The largest absolute Gasteiger partial charge is 0.459 e. The highest BCUT2D eigenvalue weighted by molar-refractivity contribution is 5.83. The van der Waals surface area contributed by atoms with Gasteiger partial charge in [0.15, 0.2) is 0 Å². The first-order valence-corrected chi connectivity index (χ1v) is 10.5. The molecule has 8 nitrogen and oxygen atoms in total. The van der Waals surface area contributed by atoms with Gasteiger partial charge in [-0.1, -0.05) is 12.8 Å². The van der Waals surface area contributed by atoms with E-state index in [0.29, 0.717) is 19.0 Å². The molecule has 1 saturated heterocycles. The van der Waals surface area contributed by atoms with Crippen molar-refractivity contribution in [2.24, 2.45) is 5.92 Å². The van der Waals surface area contributed by atoms with E-state index in [4.69, 9.17) is 4.74 Å². The smallest absolute Gasteiger partial charge is 0.325 e. The maximum atomic E-state index is 12.4. The Labute approximate surface area is 167 Å². The van der Waals surface area contributed by atoms with Crippen LogP contribution >= 0.6 is 0 Å². The van der Waals surface area contributed by atoms with Crippen LogP contribution < -0.4 is 21.3 Å². The second kappa shape index (κ2) is 10.6. The predicted molar refractivity (Wildman–Crippen MR) is 107 cm³/mol. The van der Waals surface area contributed by atoms with E-state index >= 15 is 0 Å². The summed E-state index contributed by atoms with van der Waals surface area (Å²) in [5.41, 5.74) is -0.567. The van der Waals surface area contributed by atoms with Gasteiger partial charge in [0.2, 0.25) is 5.91 Å². The number of urea groups is 1. The number of amides is 3. The quantitative estimate of drug-likeness (QED) is 0.508. The van der Waals surface area contributed by atoms with Gasteiger partial charge >= 0.3 is 12.0 Å². The van der Waals surface area contributed by atoms with Crippen molar-refractivity contribution < 1.29 is 19.1 Å². The normalized spacial score (nSPS) is 25.5. The molecule has 28 heavy (non-hydrogen) atoms. The molecule has 1 aliphatic carbocycles. The van der Waals surface area contributed by atoms with Crippen LogP contribution in [0.1, 0.15) is 65.7 Å². The van der Waals surface area contributed by atoms with Gasteiger partial charge in [0.25, 0.3) is 0 Å². The fourth-order valence-electron chi connectivity index (χ4n) is 3.79. The summed E-state index contributed by atoms with van der Waals surface area (Å²) in [4.78, 5) is 36.3. The number of ether oxygens (including phenoxy) is 1. The summed E-state index contributed by atoms with van der Waals surface area (Å²) in [6.07, 6.45) is 6.58. The van der Waals surface area contributed by atoms with Crippen molar-refractivity contribution in [3.8, 4) is 0 Å². The number of carbonyl (C=O) groups is 3. The Morgan fingerprint density at radius 2 is 1.82 bits per heavy atom. The first-order chi connectivity index (χ1) is 13.2. The lowest BCUT2D eigenvalue weighted by atomic mass is 9.85. The van der Waals surface area contributed by atoms with Gasteiger partial charge in [0.1, 0.15) is 12.1 Å². The zero-order valence-electron chi connectivity index (χ0n) is 17.4. The van der Waals surface area contributed by atoms with Gasteiger partial charge in [-0.05, 0) is 59.4 Å². The molecule has 0 radical (unpaired) electrons. The van der Waals surface area contributed by atoms with Crippen molar-refractivity contribution in [3.63, 3.8) is 0 Å². The van der Waals surface area contributed by atoms with Crippen LogP contribution in [0, 0.1) is 5.92 Å². The third kappa shape index (κ3) is 8.46. The van der Waals surface area contributed by atoms with Crippen LogP contribution in [-0.2, 0) is 14.3 Å². The molecule has 2 rings (SSSR count). The van der Waals surface area contributed by atoms with Gasteiger partial charge in [-0.2, -0.15) is 0 Å². The molecule has 160 valence electrons. The van der Waals surface area contributed by atoms with Crippen LogP contribution in [0.25, 0.3) is 0 Å². The highest BCUT2D eigenvalue weighted by Gasteiger charge is 2.29. The fourth-order valence-corrected chi connectivity index (χ4v) is 3.79. The molecule has 3 unspecified atom stereocenters. The Balaban J connectivity index is 1.68. The van der Waals surface area contributed by atoms with Crippen molar-refractivity contribution in [1.29, 1.82) is 0 Å². The highest BCUT2D eigenvalue weighted by Crippen LogP contribution is 2.24. The summed E-state index contributed by atoms with van der Waals surface area (Å²) >= 11 is 0. The summed E-state index contributed by atoms with van der Waals surface area (Å²) < 4.78 is 5.20. The highest BCUT2D eigenvalue weighted by atomic mass is 16.6. The van der Waals surface area contributed by atoms with Crippen molar-refractivity contribution in [2.45, 2.75) is 83.4 Å².